The van der Waals surface area contributed by atoms with E-state index in [-0.39, 0.29) is 11.9 Å². The number of nitrogens with one attached hydrogen (secondary N) is 2. The van der Waals surface area contributed by atoms with Crippen LogP contribution in [0.15, 0.2) is 6.07 Å². The molecular formula is C10H18N6O. The Balaban J connectivity index is 2.76. The topological polar surface area (TPSA) is 119 Å². The number of rotatable bonds is 5. The van der Waals surface area contributed by atoms with Gasteiger partial charge >= 0.3 is 0 Å². The van der Waals surface area contributed by atoms with Gasteiger partial charge in [0, 0.05) is 19.7 Å². The molecule has 7 nitrogen and oxygen atoms in total. The Bertz CT molecular complexity index is 417. The van der Waals surface area contributed by atoms with Crippen molar-refractivity contribution in [3.05, 3.63) is 6.07 Å². The second kappa shape index (κ2) is 4.86. The molecule has 0 saturated carbocycles. The number of hydrogen-bond acceptors (Lipinski definition) is 6. The maximum Gasteiger partial charge on any atom is 0.224 e. The maximum atomic E-state index is 11.1. The van der Waals surface area contributed by atoms with Crippen molar-refractivity contribution in [2.45, 2.75) is 13.8 Å². The van der Waals surface area contributed by atoms with Gasteiger partial charge in [0.05, 0.1) is 5.41 Å². The molecule has 17 heavy (non-hydrogen) atoms. The molecule has 1 rings (SSSR count). The second-order valence-corrected chi connectivity index (χ2v) is 4.35. The Morgan fingerprint density at radius 3 is 2.53 bits per heavy atom. The zero-order valence-electron chi connectivity index (χ0n) is 10.2. The van der Waals surface area contributed by atoms with Crippen molar-refractivity contribution in [2.75, 3.05) is 30.0 Å². The Morgan fingerprint density at radius 1 is 1.41 bits per heavy atom. The highest BCUT2D eigenvalue weighted by Gasteiger charge is 2.24. The van der Waals surface area contributed by atoms with Crippen LogP contribution in [0.4, 0.5) is 17.6 Å². The van der Waals surface area contributed by atoms with Gasteiger partial charge in [-0.2, -0.15) is 9.97 Å². The van der Waals surface area contributed by atoms with Crippen LogP contribution in [0.5, 0.6) is 0 Å². The van der Waals surface area contributed by atoms with E-state index in [1.165, 1.54) is 0 Å². The van der Waals surface area contributed by atoms with Crippen LogP contribution in [0.2, 0.25) is 0 Å². The van der Waals surface area contributed by atoms with Gasteiger partial charge in [-0.05, 0) is 13.8 Å². The van der Waals surface area contributed by atoms with Crippen molar-refractivity contribution < 1.29 is 4.79 Å². The minimum absolute atomic E-state index is 0.163. The van der Waals surface area contributed by atoms with Crippen LogP contribution in [-0.2, 0) is 4.79 Å². The van der Waals surface area contributed by atoms with Gasteiger partial charge in [0.2, 0.25) is 11.9 Å². The lowest BCUT2D eigenvalue weighted by Crippen LogP contribution is -2.37. The SMILES string of the molecule is CNc1cc(NCC(C)(C)C(N)=O)nc(N)n1. The van der Waals surface area contributed by atoms with Gasteiger partial charge in [-0.25, -0.2) is 0 Å². The first kappa shape index (κ1) is 13.0. The Morgan fingerprint density at radius 2 is 2.00 bits per heavy atom. The van der Waals surface area contributed by atoms with Crippen LogP contribution < -0.4 is 22.1 Å². The summed E-state index contributed by atoms with van der Waals surface area (Å²) < 4.78 is 0. The number of aromatic nitrogens is 2. The highest BCUT2D eigenvalue weighted by molar-refractivity contribution is 5.80. The van der Waals surface area contributed by atoms with Gasteiger partial charge in [0.15, 0.2) is 0 Å². The molecule has 0 spiro atoms. The van der Waals surface area contributed by atoms with E-state index in [2.05, 4.69) is 20.6 Å². The number of hydrogen-bond donors (Lipinski definition) is 4. The van der Waals surface area contributed by atoms with Gasteiger partial charge in [0.1, 0.15) is 11.6 Å². The fraction of sp³-hybridized carbons (Fsp3) is 0.500. The van der Waals surface area contributed by atoms with Gasteiger partial charge in [0.25, 0.3) is 0 Å². The van der Waals surface area contributed by atoms with Crippen molar-refractivity contribution in [2.24, 2.45) is 11.1 Å². The van der Waals surface area contributed by atoms with Crippen LogP contribution in [-0.4, -0.2) is 29.5 Å². The average molecular weight is 238 g/mol. The standard InChI is InChI=1S/C10H18N6O/c1-10(2,8(11)17)5-14-7-4-6(13-3)15-9(12)16-7/h4H,5H2,1-3H3,(H2,11,17)(H4,12,13,14,15,16). The molecule has 1 heterocycles. The van der Waals surface area contributed by atoms with E-state index in [0.717, 1.165) is 0 Å². The molecule has 94 valence electrons. The summed E-state index contributed by atoms with van der Waals surface area (Å²) in [6.45, 7) is 3.89. The summed E-state index contributed by atoms with van der Waals surface area (Å²) in [6.07, 6.45) is 0. The fourth-order valence-corrected chi connectivity index (χ4v) is 1.08. The number of carbonyl (C=O) groups excluding carboxylic acids is 1. The lowest BCUT2D eigenvalue weighted by Gasteiger charge is -2.21. The van der Waals surface area contributed by atoms with Gasteiger partial charge < -0.3 is 22.1 Å². The predicted molar refractivity (Wildman–Crippen MR) is 67.5 cm³/mol. The van der Waals surface area contributed by atoms with Crippen LogP contribution in [0.3, 0.4) is 0 Å². The van der Waals surface area contributed by atoms with Crippen LogP contribution >= 0.6 is 0 Å². The van der Waals surface area contributed by atoms with E-state index in [1.807, 2.05) is 0 Å². The monoisotopic (exact) mass is 238 g/mol. The van der Waals surface area contributed by atoms with Gasteiger partial charge in [-0.3, -0.25) is 4.79 Å². The van der Waals surface area contributed by atoms with Crippen LogP contribution in [0, 0.1) is 5.41 Å². The average Bonchev–Trinajstić information content (AvgIpc) is 2.25. The van der Waals surface area contributed by atoms with Gasteiger partial charge in [-0.15, -0.1) is 0 Å². The smallest absolute Gasteiger partial charge is 0.224 e. The molecule has 7 heteroatoms. The molecule has 0 aliphatic carbocycles. The summed E-state index contributed by atoms with van der Waals surface area (Å²) in [5.74, 6) is 0.949. The number of anilines is 3. The lowest BCUT2D eigenvalue weighted by molar-refractivity contribution is -0.125. The Labute approximate surface area is 100 Å². The second-order valence-electron chi connectivity index (χ2n) is 4.35. The fourth-order valence-electron chi connectivity index (χ4n) is 1.08. The molecule has 0 aliphatic heterocycles. The van der Waals surface area contributed by atoms with E-state index in [0.29, 0.717) is 18.2 Å². The van der Waals surface area contributed by atoms with Crippen LogP contribution in [0.1, 0.15) is 13.8 Å². The normalized spacial score (nSPS) is 11.0. The maximum absolute atomic E-state index is 11.1. The molecule has 1 aromatic rings. The predicted octanol–water partition coefficient (Wildman–Crippen LogP) is 0.0239. The third-order valence-electron chi connectivity index (χ3n) is 2.38. The summed E-state index contributed by atoms with van der Waals surface area (Å²) in [5, 5.41) is 5.88. The molecule has 0 radical (unpaired) electrons. The van der Waals surface area contributed by atoms with E-state index >= 15 is 0 Å². The molecule has 0 aromatic carbocycles. The van der Waals surface area contributed by atoms with Crippen molar-refractivity contribution >= 4 is 23.5 Å². The summed E-state index contributed by atoms with van der Waals surface area (Å²) in [6, 6.07) is 1.70. The molecule has 0 aliphatic rings. The quantitative estimate of drug-likeness (QED) is 0.574. The summed E-state index contributed by atoms with van der Waals surface area (Å²) in [7, 11) is 1.74. The largest absolute Gasteiger partial charge is 0.373 e. The number of nitrogens with zero attached hydrogens (tertiary/aromatic N) is 2. The molecule has 0 fully saturated rings. The number of nitrogen functional groups attached to an aromatic ring is 1. The molecule has 6 N–H and O–H groups in total. The van der Waals surface area contributed by atoms with E-state index < -0.39 is 5.41 Å². The highest BCUT2D eigenvalue weighted by atomic mass is 16.1. The molecule has 0 saturated heterocycles. The van der Waals surface area contributed by atoms with Crippen molar-refractivity contribution in [1.29, 1.82) is 0 Å². The van der Waals surface area contributed by atoms with Crippen molar-refractivity contribution in [1.82, 2.24) is 9.97 Å². The summed E-state index contributed by atoms with van der Waals surface area (Å²) in [5.41, 5.74) is 10.2. The molecular weight excluding hydrogens is 220 g/mol. The molecule has 0 atom stereocenters. The van der Waals surface area contributed by atoms with E-state index in [9.17, 15) is 4.79 Å². The van der Waals surface area contributed by atoms with E-state index in [1.54, 1.807) is 27.0 Å². The Kier molecular flexibility index (Phi) is 3.72. The third kappa shape index (κ3) is 3.47. The van der Waals surface area contributed by atoms with Crippen molar-refractivity contribution in [3.63, 3.8) is 0 Å². The first-order valence-corrected chi connectivity index (χ1v) is 5.21. The van der Waals surface area contributed by atoms with Crippen LogP contribution in [0.25, 0.3) is 0 Å². The first-order chi connectivity index (χ1) is 7.85. The number of nitrogens with two attached hydrogens (primary N) is 2. The molecule has 0 bridgehead atoms. The number of amides is 1. The summed E-state index contributed by atoms with van der Waals surface area (Å²) in [4.78, 5) is 19.1. The zero-order chi connectivity index (χ0) is 13.1. The van der Waals surface area contributed by atoms with Crippen molar-refractivity contribution in [3.8, 4) is 0 Å². The highest BCUT2D eigenvalue weighted by Crippen LogP contribution is 2.17. The lowest BCUT2D eigenvalue weighted by atomic mass is 9.93. The third-order valence-corrected chi connectivity index (χ3v) is 2.38. The van der Waals surface area contributed by atoms with Gasteiger partial charge in [-0.1, -0.05) is 0 Å². The minimum atomic E-state index is -0.653. The number of carbonyl (C=O) groups is 1. The molecule has 1 aromatic heterocycles. The summed E-state index contributed by atoms with van der Waals surface area (Å²) >= 11 is 0. The zero-order valence-corrected chi connectivity index (χ0v) is 10.2. The Hall–Kier alpha value is -2.05. The number of primary amides is 1. The molecule has 0 unspecified atom stereocenters. The van der Waals surface area contributed by atoms with E-state index in [4.69, 9.17) is 11.5 Å². The minimum Gasteiger partial charge on any atom is -0.373 e. The first-order valence-electron chi connectivity index (χ1n) is 5.21. The molecule has 1 amide bonds.